The van der Waals surface area contributed by atoms with Crippen molar-refractivity contribution in [1.82, 2.24) is 5.32 Å². The molecule has 0 amide bonds. The highest BCUT2D eigenvalue weighted by Gasteiger charge is 2.31. The van der Waals surface area contributed by atoms with Crippen molar-refractivity contribution in [1.29, 1.82) is 0 Å². The van der Waals surface area contributed by atoms with Gasteiger partial charge >= 0.3 is 0 Å². The van der Waals surface area contributed by atoms with E-state index in [4.69, 9.17) is 11.6 Å². The largest absolute Gasteiger partial charge is 0.307 e. The summed E-state index contributed by atoms with van der Waals surface area (Å²) < 4.78 is 13.4. The number of benzene rings is 1. The van der Waals surface area contributed by atoms with Crippen LogP contribution in [0.2, 0.25) is 5.02 Å². The third kappa shape index (κ3) is 3.24. The Hall–Kier alpha value is -0.600. The van der Waals surface area contributed by atoms with Crippen LogP contribution in [-0.2, 0) is 0 Å². The molecule has 2 unspecified atom stereocenters. The van der Waals surface area contributed by atoms with Crippen LogP contribution in [0.5, 0.6) is 0 Å². The van der Waals surface area contributed by atoms with Crippen molar-refractivity contribution in [2.75, 3.05) is 0 Å². The lowest BCUT2D eigenvalue weighted by Crippen LogP contribution is -2.30. The molecule has 0 spiro atoms. The Labute approximate surface area is 114 Å². The molecule has 1 N–H and O–H groups in total. The Morgan fingerprint density at radius 3 is 2.72 bits per heavy atom. The summed E-state index contributed by atoms with van der Waals surface area (Å²) in [6, 6.07) is 5.75. The molecule has 1 aliphatic rings. The van der Waals surface area contributed by atoms with E-state index in [-0.39, 0.29) is 16.9 Å². The molecule has 1 aromatic carbocycles. The molecule has 2 rings (SSSR count). The Morgan fingerprint density at radius 1 is 1.44 bits per heavy atom. The number of halogens is 2. The van der Waals surface area contributed by atoms with Crippen molar-refractivity contribution in [3.05, 3.63) is 34.6 Å². The molecule has 100 valence electrons. The van der Waals surface area contributed by atoms with Gasteiger partial charge in [0.15, 0.2) is 0 Å². The lowest BCUT2D eigenvalue weighted by atomic mass is 9.91. The van der Waals surface area contributed by atoms with E-state index >= 15 is 0 Å². The van der Waals surface area contributed by atoms with Crippen LogP contribution in [-0.4, -0.2) is 6.04 Å². The maximum absolute atomic E-state index is 13.4. The van der Waals surface area contributed by atoms with Crippen molar-refractivity contribution < 1.29 is 4.39 Å². The average molecular weight is 270 g/mol. The molecule has 1 aliphatic carbocycles. The van der Waals surface area contributed by atoms with Gasteiger partial charge in [-0.15, -0.1) is 0 Å². The summed E-state index contributed by atoms with van der Waals surface area (Å²) >= 11 is 5.70. The van der Waals surface area contributed by atoms with Gasteiger partial charge in [-0.25, -0.2) is 4.39 Å². The van der Waals surface area contributed by atoms with E-state index in [1.165, 1.54) is 25.3 Å². The van der Waals surface area contributed by atoms with E-state index in [1.807, 2.05) is 6.07 Å². The highest BCUT2D eigenvalue weighted by atomic mass is 35.5. The van der Waals surface area contributed by atoms with Gasteiger partial charge in [0, 0.05) is 12.1 Å². The summed E-state index contributed by atoms with van der Waals surface area (Å²) in [5.41, 5.74) is 1.39. The van der Waals surface area contributed by atoms with Crippen molar-refractivity contribution in [2.45, 2.75) is 52.1 Å². The first-order valence-corrected chi connectivity index (χ1v) is 6.96. The second-order valence-corrected chi connectivity index (χ2v) is 6.57. The van der Waals surface area contributed by atoms with Gasteiger partial charge in [-0.3, -0.25) is 0 Å². The van der Waals surface area contributed by atoms with E-state index in [2.05, 4.69) is 26.1 Å². The normalized spacial score (nSPS) is 24.2. The summed E-state index contributed by atoms with van der Waals surface area (Å²) in [6.07, 6.45) is 3.65. The highest BCUT2D eigenvalue weighted by molar-refractivity contribution is 6.30. The fourth-order valence-electron chi connectivity index (χ4n) is 2.81. The van der Waals surface area contributed by atoms with Crippen LogP contribution in [0.25, 0.3) is 0 Å². The van der Waals surface area contributed by atoms with E-state index in [0.717, 1.165) is 5.56 Å². The molecule has 0 saturated heterocycles. The number of rotatable bonds is 3. The van der Waals surface area contributed by atoms with E-state index in [9.17, 15) is 4.39 Å². The Morgan fingerprint density at radius 2 is 2.17 bits per heavy atom. The summed E-state index contributed by atoms with van der Waals surface area (Å²) in [7, 11) is 0. The van der Waals surface area contributed by atoms with Crippen LogP contribution in [0.15, 0.2) is 18.2 Å². The second-order valence-electron chi connectivity index (χ2n) is 6.17. The monoisotopic (exact) mass is 269 g/mol. The second kappa shape index (κ2) is 5.18. The molecule has 0 aromatic heterocycles. The summed E-state index contributed by atoms with van der Waals surface area (Å²) in [5, 5.41) is 3.78. The minimum absolute atomic E-state index is 0.163. The Bertz CT molecular complexity index is 431. The standard InChI is InChI=1S/C15H21ClFN/c1-10(11-4-5-13(16)14(17)8-11)18-12-6-7-15(2,3)9-12/h4-5,8,10,12,18H,6-7,9H2,1-3H3. The van der Waals surface area contributed by atoms with Crippen molar-refractivity contribution in [2.24, 2.45) is 5.41 Å². The van der Waals surface area contributed by atoms with E-state index in [0.29, 0.717) is 11.5 Å². The molecule has 1 nitrogen and oxygen atoms in total. The first-order chi connectivity index (χ1) is 8.37. The zero-order valence-corrected chi connectivity index (χ0v) is 12.0. The van der Waals surface area contributed by atoms with Gasteiger partial charge in [0.2, 0.25) is 0 Å². The predicted molar refractivity (Wildman–Crippen MR) is 74.4 cm³/mol. The van der Waals surface area contributed by atoms with Gasteiger partial charge in [-0.2, -0.15) is 0 Å². The van der Waals surface area contributed by atoms with E-state index in [1.54, 1.807) is 6.07 Å². The molecule has 1 aromatic rings. The van der Waals surface area contributed by atoms with Crippen LogP contribution in [0.4, 0.5) is 4.39 Å². The van der Waals surface area contributed by atoms with Gasteiger partial charge in [-0.1, -0.05) is 31.5 Å². The SMILES string of the molecule is CC(NC1CCC(C)(C)C1)c1ccc(Cl)c(F)c1. The van der Waals surface area contributed by atoms with Crippen molar-refractivity contribution in [3.63, 3.8) is 0 Å². The minimum atomic E-state index is -0.338. The summed E-state index contributed by atoms with van der Waals surface area (Å²) in [4.78, 5) is 0. The van der Waals surface area contributed by atoms with Crippen LogP contribution < -0.4 is 5.32 Å². The maximum atomic E-state index is 13.4. The average Bonchev–Trinajstić information content (AvgIpc) is 2.62. The number of nitrogens with one attached hydrogen (secondary N) is 1. The molecule has 1 saturated carbocycles. The number of hydrogen-bond donors (Lipinski definition) is 1. The summed E-state index contributed by atoms with van der Waals surface area (Å²) in [5.74, 6) is -0.338. The number of hydrogen-bond acceptors (Lipinski definition) is 1. The third-order valence-electron chi connectivity index (χ3n) is 3.90. The highest BCUT2D eigenvalue weighted by Crippen LogP contribution is 2.37. The smallest absolute Gasteiger partial charge is 0.142 e. The van der Waals surface area contributed by atoms with Gasteiger partial charge in [-0.05, 0) is 49.3 Å². The Balaban J connectivity index is 1.99. The van der Waals surface area contributed by atoms with Crippen LogP contribution in [0, 0.1) is 11.2 Å². The van der Waals surface area contributed by atoms with Crippen molar-refractivity contribution in [3.8, 4) is 0 Å². The molecule has 3 heteroatoms. The zero-order valence-electron chi connectivity index (χ0n) is 11.3. The van der Waals surface area contributed by atoms with Crippen LogP contribution in [0.3, 0.4) is 0 Å². The van der Waals surface area contributed by atoms with Gasteiger partial charge in [0.1, 0.15) is 5.82 Å². The van der Waals surface area contributed by atoms with Gasteiger partial charge in [0.05, 0.1) is 5.02 Å². The molecular formula is C15H21ClFN. The fourth-order valence-corrected chi connectivity index (χ4v) is 2.93. The molecule has 1 fully saturated rings. The first-order valence-electron chi connectivity index (χ1n) is 6.58. The third-order valence-corrected chi connectivity index (χ3v) is 4.20. The topological polar surface area (TPSA) is 12.0 Å². The molecular weight excluding hydrogens is 249 g/mol. The summed E-state index contributed by atoms with van der Waals surface area (Å²) in [6.45, 7) is 6.69. The maximum Gasteiger partial charge on any atom is 0.142 e. The minimum Gasteiger partial charge on any atom is -0.307 e. The van der Waals surface area contributed by atoms with Crippen LogP contribution >= 0.6 is 11.6 Å². The lowest BCUT2D eigenvalue weighted by molar-refractivity contribution is 0.356. The Kier molecular flexibility index (Phi) is 3.98. The van der Waals surface area contributed by atoms with Crippen molar-refractivity contribution >= 4 is 11.6 Å². The quantitative estimate of drug-likeness (QED) is 0.838. The zero-order chi connectivity index (χ0) is 13.3. The molecule has 2 atom stereocenters. The lowest BCUT2D eigenvalue weighted by Gasteiger charge is -2.22. The predicted octanol–water partition coefficient (Wildman–Crippen LogP) is 4.71. The molecule has 0 aliphatic heterocycles. The molecule has 0 bridgehead atoms. The van der Waals surface area contributed by atoms with Crippen LogP contribution in [0.1, 0.15) is 51.6 Å². The molecule has 0 heterocycles. The molecule has 0 radical (unpaired) electrons. The fraction of sp³-hybridized carbons (Fsp3) is 0.600. The van der Waals surface area contributed by atoms with E-state index < -0.39 is 0 Å². The van der Waals surface area contributed by atoms with Gasteiger partial charge in [0.25, 0.3) is 0 Å². The first kappa shape index (κ1) is 13.8. The molecule has 18 heavy (non-hydrogen) atoms. The van der Waals surface area contributed by atoms with Gasteiger partial charge < -0.3 is 5.32 Å².